The zero-order valence-electron chi connectivity index (χ0n) is 17.9. The number of H-pyrrole nitrogens is 1. The van der Waals surface area contributed by atoms with E-state index in [9.17, 15) is 9.18 Å². The predicted molar refractivity (Wildman–Crippen MR) is 136 cm³/mol. The molecule has 4 aromatic carbocycles. The van der Waals surface area contributed by atoms with Crippen LogP contribution in [-0.2, 0) is 0 Å². The number of aromatic amines is 1. The van der Waals surface area contributed by atoms with E-state index in [0.717, 1.165) is 33.3 Å². The van der Waals surface area contributed by atoms with Gasteiger partial charge in [0.2, 0.25) is 5.43 Å². The summed E-state index contributed by atoms with van der Waals surface area (Å²) >= 11 is 3.35. The molecule has 1 N–H and O–H groups in total. The molecule has 0 bridgehead atoms. The second-order valence-electron chi connectivity index (χ2n) is 7.38. The van der Waals surface area contributed by atoms with Crippen molar-refractivity contribution in [2.45, 2.75) is 29.5 Å². The van der Waals surface area contributed by atoms with Crippen LogP contribution in [0.5, 0.6) is 0 Å². The third-order valence-corrected chi connectivity index (χ3v) is 8.39. The van der Waals surface area contributed by atoms with Gasteiger partial charge < -0.3 is 4.98 Å². The van der Waals surface area contributed by atoms with Crippen LogP contribution in [0.4, 0.5) is 13.2 Å². The minimum atomic E-state index is -1.67. The average Bonchev–Trinajstić information content (AvgIpc) is 2.89. The molecule has 1 aromatic heterocycles. The van der Waals surface area contributed by atoms with Gasteiger partial charge in [-0.25, -0.2) is 13.2 Å². The molecule has 5 aromatic rings. The molecule has 0 aliphatic heterocycles. The molecule has 0 radical (unpaired) electrons. The number of nitrogens with one attached hydrogen (secondary N) is 1. The van der Waals surface area contributed by atoms with Gasteiger partial charge in [0, 0.05) is 14.7 Å². The second-order valence-corrected chi connectivity index (χ2v) is 10.6. The number of fused-ring (bicyclic) bond motifs is 1. The normalized spacial score (nSPS) is 11.2. The van der Waals surface area contributed by atoms with Crippen molar-refractivity contribution in [2.75, 3.05) is 0 Å². The van der Waals surface area contributed by atoms with Crippen LogP contribution >= 0.6 is 35.3 Å². The van der Waals surface area contributed by atoms with Gasteiger partial charge in [0.25, 0.3) is 0 Å². The third-order valence-electron chi connectivity index (χ3n) is 5.05. The Labute approximate surface area is 212 Å². The highest BCUT2D eigenvalue weighted by molar-refractivity contribution is 8.02. The van der Waals surface area contributed by atoms with Gasteiger partial charge in [0.15, 0.2) is 17.5 Å². The Morgan fingerprint density at radius 3 is 1.51 bits per heavy atom. The van der Waals surface area contributed by atoms with Crippen molar-refractivity contribution in [1.29, 1.82) is 0 Å². The Bertz CT molecular complexity index is 1560. The molecule has 35 heavy (non-hydrogen) atoms. The van der Waals surface area contributed by atoms with Crippen molar-refractivity contribution in [1.82, 2.24) is 4.98 Å². The molecule has 0 aliphatic carbocycles. The first-order valence-corrected chi connectivity index (χ1v) is 12.9. The van der Waals surface area contributed by atoms with E-state index in [1.807, 2.05) is 60.7 Å². The molecule has 0 unspecified atom stereocenters. The summed E-state index contributed by atoms with van der Waals surface area (Å²) in [5.74, 6) is -4.50. The van der Waals surface area contributed by atoms with E-state index in [0.29, 0.717) is 9.92 Å². The lowest BCUT2D eigenvalue weighted by Crippen LogP contribution is -2.13. The van der Waals surface area contributed by atoms with E-state index in [4.69, 9.17) is 0 Å². The van der Waals surface area contributed by atoms with Crippen molar-refractivity contribution < 1.29 is 13.2 Å². The SMILES string of the molecule is O=c1c(Sc2ccccc2)c(Sc2ccccc2)[nH]c2c(Sc3ccccc3)c(F)c(F)c(F)c12. The third kappa shape index (κ3) is 4.87. The topological polar surface area (TPSA) is 32.9 Å². The fourth-order valence-corrected chi connectivity index (χ4v) is 6.39. The van der Waals surface area contributed by atoms with Gasteiger partial charge >= 0.3 is 0 Å². The first-order chi connectivity index (χ1) is 17.0. The lowest BCUT2D eigenvalue weighted by molar-refractivity contribution is 0.441. The predicted octanol–water partition coefficient (Wildman–Crippen LogP) is 8.40. The first-order valence-electron chi connectivity index (χ1n) is 10.5. The van der Waals surface area contributed by atoms with Gasteiger partial charge in [-0.05, 0) is 36.4 Å². The number of halogens is 3. The number of aromatic nitrogens is 1. The lowest BCUT2D eigenvalue weighted by atomic mass is 10.2. The van der Waals surface area contributed by atoms with Crippen LogP contribution in [-0.4, -0.2) is 4.98 Å². The Morgan fingerprint density at radius 2 is 1.00 bits per heavy atom. The van der Waals surface area contributed by atoms with Crippen molar-refractivity contribution >= 4 is 46.2 Å². The summed E-state index contributed by atoms with van der Waals surface area (Å²) in [4.78, 5) is 19.0. The van der Waals surface area contributed by atoms with Gasteiger partial charge in [-0.15, -0.1) is 0 Å². The molecule has 0 amide bonds. The molecule has 2 nitrogen and oxygen atoms in total. The maximum absolute atomic E-state index is 15.1. The number of benzene rings is 4. The van der Waals surface area contributed by atoms with Gasteiger partial charge in [-0.3, -0.25) is 4.79 Å². The Hall–Kier alpha value is -3.07. The molecule has 174 valence electrons. The summed E-state index contributed by atoms with van der Waals surface area (Å²) in [5, 5.41) is -0.0824. The molecule has 0 aliphatic rings. The highest BCUT2D eigenvalue weighted by atomic mass is 32.2. The summed E-state index contributed by atoms with van der Waals surface area (Å²) in [6.45, 7) is 0. The molecular weight excluding hydrogens is 507 g/mol. The van der Waals surface area contributed by atoms with Crippen molar-refractivity contribution in [3.8, 4) is 0 Å². The number of pyridine rings is 1. The minimum absolute atomic E-state index is 0.0731. The van der Waals surface area contributed by atoms with E-state index < -0.39 is 28.3 Å². The van der Waals surface area contributed by atoms with Gasteiger partial charge in [0.05, 0.1) is 25.7 Å². The molecule has 0 saturated carbocycles. The molecule has 0 fully saturated rings. The van der Waals surface area contributed by atoms with Crippen LogP contribution in [0.3, 0.4) is 0 Å². The highest BCUT2D eigenvalue weighted by Crippen LogP contribution is 2.41. The average molecular weight is 524 g/mol. The van der Waals surface area contributed by atoms with E-state index >= 15 is 8.78 Å². The molecule has 8 heteroatoms. The Kier molecular flexibility index (Phi) is 6.95. The van der Waals surface area contributed by atoms with Crippen LogP contribution in [0.2, 0.25) is 0 Å². The van der Waals surface area contributed by atoms with Crippen molar-refractivity contribution in [3.63, 3.8) is 0 Å². The zero-order chi connectivity index (χ0) is 24.4. The quantitative estimate of drug-likeness (QED) is 0.227. The van der Waals surface area contributed by atoms with E-state index in [1.165, 1.54) is 11.8 Å². The lowest BCUT2D eigenvalue weighted by Gasteiger charge is -2.15. The fourth-order valence-electron chi connectivity index (χ4n) is 3.44. The van der Waals surface area contributed by atoms with Crippen molar-refractivity contribution in [2.24, 2.45) is 0 Å². The fraction of sp³-hybridized carbons (Fsp3) is 0. The maximum Gasteiger partial charge on any atom is 0.207 e. The number of rotatable bonds is 6. The molecule has 5 rings (SSSR count). The van der Waals surface area contributed by atoms with E-state index in [2.05, 4.69) is 4.98 Å². The molecule has 0 spiro atoms. The minimum Gasteiger partial charge on any atom is -0.347 e. The highest BCUT2D eigenvalue weighted by Gasteiger charge is 2.26. The van der Waals surface area contributed by atoms with Gasteiger partial charge in [0.1, 0.15) is 0 Å². The second kappa shape index (κ2) is 10.3. The molecule has 1 heterocycles. The summed E-state index contributed by atoms with van der Waals surface area (Å²) in [7, 11) is 0. The number of hydrogen-bond donors (Lipinski definition) is 1. The maximum atomic E-state index is 15.1. The largest absolute Gasteiger partial charge is 0.347 e. The van der Waals surface area contributed by atoms with Gasteiger partial charge in [-0.2, -0.15) is 0 Å². The van der Waals surface area contributed by atoms with Crippen LogP contribution in [0, 0.1) is 17.5 Å². The van der Waals surface area contributed by atoms with Crippen LogP contribution in [0.15, 0.2) is 125 Å². The molecular formula is C27H16F3NOS3. The van der Waals surface area contributed by atoms with Crippen LogP contribution < -0.4 is 5.43 Å². The monoisotopic (exact) mass is 523 g/mol. The van der Waals surface area contributed by atoms with Crippen LogP contribution in [0.1, 0.15) is 0 Å². The Balaban J connectivity index is 1.77. The molecule has 0 atom stereocenters. The van der Waals surface area contributed by atoms with Crippen molar-refractivity contribution in [3.05, 3.63) is 119 Å². The summed E-state index contributed by atoms with van der Waals surface area (Å²) < 4.78 is 44.8. The van der Waals surface area contributed by atoms with Crippen LogP contribution in [0.25, 0.3) is 10.9 Å². The van der Waals surface area contributed by atoms with Gasteiger partial charge in [-0.1, -0.05) is 89.9 Å². The standard InChI is InChI=1S/C27H16F3NOS3/c28-20-19-23(25(22(30)21(20)29)33-16-10-4-1-5-11-16)31-27(35-18-14-8-3-9-15-18)26(24(19)32)34-17-12-6-2-7-13-17/h1-15H,(H,31,32). The summed E-state index contributed by atoms with van der Waals surface area (Å²) in [6.07, 6.45) is 0. The summed E-state index contributed by atoms with van der Waals surface area (Å²) in [5.41, 5.74) is -0.770. The smallest absolute Gasteiger partial charge is 0.207 e. The Morgan fingerprint density at radius 1 is 0.543 bits per heavy atom. The molecule has 0 saturated heterocycles. The van der Waals surface area contributed by atoms with E-state index in [1.54, 1.807) is 30.3 Å². The zero-order valence-corrected chi connectivity index (χ0v) is 20.4. The first kappa shape index (κ1) is 23.7. The number of hydrogen-bond acceptors (Lipinski definition) is 4. The summed E-state index contributed by atoms with van der Waals surface area (Å²) in [6, 6.07) is 27.3. The van der Waals surface area contributed by atoms with E-state index in [-0.39, 0.29) is 15.3 Å².